The molecule has 0 amide bonds. The van der Waals surface area contributed by atoms with Crippen LogP contribution in [0.25, 0.3) is 5.69 Å². The standard InChI is InChI=1S/C24H24FN7O/c1-14-27-13-28-32(14)20-11-8-17(12-21(20)33-3)29-24-30-22-18(15-4-6-16(25)7-5-15)9-10-19(22)23(26-2)31-24/h4-8,11-13,18H,9-10H2,1-3H3,(H2,26,29,30,31)/t18-/m0/s1. The number of nitrogens with zero attached hydrogens (tertiary/aromatic N) is 5. The van der Waals surface area contributed by atoms with Crippen LogP contribution in [-0.2, 0) is 6.42 Å². The lowest BCUT2D eigenvalue weighted by molar-refractivity contribution is 0.411. The number of rotatable bonds is 6. The Morgan fingerprint density at radius 1 is 1.12 bits per heavy atom. The molecule has 0 fully saturated rings. The van der Waals surface area contributed by atoms with Gasteiger partial charge in [-0.3, -0.25) is 0 Å². The van der Waals surface area contributed by atoms with Crippen LogP contribution in [0.2, 0.25) is 0 Å². The molecular formula is C24H24FN7O. The monoisotopic (exact) mass is 445 g/mol. The van der Waals surface area contributed by atoms with Crippen molar-refractivity contribution in [2.24, 2.45) is 0 Å². The highest BCUT2D eigenvalue weighted by Crippen LogP contribution is 2.40. The molecule has 1 aliphatic carbocycles. The molecule has 33 heavy (non-hydrogen) atoms. The summed E-state index contributed by atoms with van der Waals surface area (Å²) in [4.78, 5) is 13.7. The zero-order valence-corrected chi connectivity index (χ0v) is 18.6. The number of halogens is 1. The summed E-state index contributed by atoms with van der Waals surface area (Å²) >= 11 is 0. The summed E-state index contributed by atoms with van der Waals surface area (Å²) in [5.74, 6) is 2.56. The van der Waals surface area contributed by atoms with E-state index in [2.05, 4.69) is 25.7 Å². The molecule has 0 unspecified atom stereocenters. The van der Waals surface area contributed by atoms with Crippen LogP contribution in [-0.4, -0.2) is 38.9 Å². The van der Waals surface area contributed by atoms with Crippen molar-refractivity contribution in [3.05, 3.63) is 77.3 Å². The van der Waals surface area contributed by atoms with E-state index in [-0.39, 0.29) is 11.7 Å². The summed E-state index contributed by atoms with van der Waals surface area (Å²) in [6.07, 6.45) is 3.29. The van der Waals surface area contributed by atoms with Gasteiger partial charge in [-0.15, -0.1) is 0 Å². The summed E-state index contributed by atoms with van der Waals surface area (Å²) in [6.45, 7) is 1.88. The quantitative estimate of drug-likeness (QED) is 0.455. The Balaban J connectivity index is 1.49. The number of ether oxygens (including phenoxy) is 1. The van der Waals surface area contributed by atoms with Gasteiger partial charge in [-0.05, 0) is 49.6 Å². The highest BCUT2D eigenvalue weighted by Gasteiger charge is 2.29. The van der Waals surface area contributed by atoms with Crippen LogP contribution in [0.4, 0.5) is 21.8 Å². The Kier molecular flexibility index (Phi) is 5.37. The van der Waals surface area contributed by atoms with Crippen LogP contribution >= 0.6 is 0 Å². The molecule has 168 valence electrons. The van der Waals surface area contributed by atoms with Crippen molar-refractivity contribution in [1.29, 1.82) is 0 Å². The number of hydrogen-bond donors (Lipinski definition) is 2. The number of aryl methyl sites for hydroxylation is 1. The first kappa shape index (κ1) is 20.9. The van der Waals surface area contributed by atoms with E-state index >= 15 is 0 Å². The second-order valence-electron chi connectivity index (χ2n) is 7.88. The average Bonchev–Trinajstić information content (AvgIpc) is 3.45. The van der Waals surface area contributed by atoms with Crippen molar-refractivity contribution < 1.29 is 9.13 Å². The molecule has 0 saturated carbocycles. The molecule has 5 rings (SSSR count). The van der Waals surface area contributed by atoms with E-state index in [0.717, 1.165) is 52.7 Å². The lowest BCUT2D eigenvalue weighted by Gasteiger charge is -2.16. The first-order chi connectivity index (χ1) is 16.1. The lowest BCUT2D eigenvalue weighted by atomic mass is 9.97. The van der Waals surface area contributed by atoms with Crippen molar-refractivity contribution in [2.75, 3.05) is 24.8 Å². The van der Waals surface area contributed by atoms with E-state index in [0.29, 0.717) is 11.7 Å². The SMILES string of the molecule is CNc1nc(Nc2ccc(-n3ncnc3C)c(OC)c2)nc2c1CC[C@H]2c1ccc(F)cc1. The summed E-state index contributed by atoms with van der Waals surface area (Å²) in [5, 5.41) is 10.8. The van der Waals surface area contributed by atoms with Gasteiger partial charge in [0.15, 0.2) is 0 Å². The molecule has 0 bridgehead atoms. The molecule has 2 heterocycles. The molecule has 2 N–H and O–H groups in total. The van der Waals surface area contributed by atoms with Crippen LogP contribution in [0.1, 0.15) is 35.0 Å². The Labute approximate surface area is 190 Å². The smallest absolute Gasteiger partial charge is 0.229 e. The maximum atomic E-state index is 13.4. The molecule has 0 saturated heterocycles. The Bertz CT molecular complexity index is 1300. The molecule has 0 spiro atoms. The lowest BCUT2D eigenvalue weighted by Crippen LogP contribution is -2.08. The topological polar surface area (TPSA) is 89.8 Å². The van der Waals surface area contributed by atoms with E-state index < -0.39 is 0 Å². The highest BCUT2D eigenvalue weighted by molar-refractivity contribution is 5.64. The zero-order valence-electron chi connectivity index (χ0n) is 18.6. The molecule has 2 aromatic carbocycles. The van der Waals surface area contributed by atoms with Crippen molar-refractivity contribution in [2.45, 2.75) is 25.7 Å². The number of benzene rings is 2. The molecule has 4 aromatic rings. The summed E-state index contributed by atoms with van der Waals surface area (Å²) < 4.78 is 20.7. The molecule has 1 aliphatic rings. The van der Waals surface area contributed by atoms with Gasteiger partial charge in [0.25, 0.3) is 0 Å². The second-order valence-corrected chi connectivity index (χ2v) is 7.88. The van der Waals surface area contributed by atoms with Crippen molar-refractivity contribution in [3.8, 4) is 11.4 Å². The van der Waals surface area contributed by atoms with Gasteiger partial charge < -0.3 is 15.4 Å². The fourth-order valence-electron chi connectivity index (χ4n) is 4.34. The van der Waals surface area contributed by atoms with Crippen molar-refractivity contribution in [3.63, 3.8) is 0 Å². The summed E-state index contributed by atoms with van der Waals surface area (Å²) in [5.41, 5.74) is 4.69. The van der Waals surface area contributed by atoms with Crippen molar-refractivity contribution in [1.82, 2.24) is 24.7 Å². The normalized spacial score (nSPS) is 14.7. The van der Waals surface area contributed by atoms with Crippen LogP contribution in [0.15, 0.2) is 48.8 Å². The molecule has 2 aromatic heterocycles. The molecular weight excluding hydrogens is 421 g/mol. The number of anilines is 3. The predicted octanol–water partition coefficient (Wildman–Crippen LogP) is 4.38. The largest absolute Gasteiger partial charge is 0.494 e. The fourth-order valence-corrected chi connectivity index (χ4v) is 4.34. The first-order valence-corrected chi connectivity index (χ1v) is 10.7. The van der Waals surface area contributed by atoms with Gasteiger partial charge in [0, 0.05) is 30.3 Å². The maximum Gasteiger partial charge on any atom is 0.229 e. The van der Waals surface area contributed by atoms with Gasteiger partial charge in [0.2, 0.25) is 5.95 Å². The third kappa shape index (κ3) is 3.86. The van der Waals surface area contributed by atoms with Gasteiger partial charge in [-0.1, -0.05) is 12.1 Å². The summed E-state index contributed by atoms with van der Waals surface area (Å²) in [6, 6.07) is 12.4. The second kappa shape index (κ2) is 8.50. The first-order valence-electron chi connectivity index (χ1n) is 10.7. The molecule has 9 heteroatoms. The number of aromatic nitrogens is 5. The zero-order chi connectivity index (χ0) is 22.9. The predicted molar refractivity (Wildman–Crippen MR) is 124 cm³/mol. The third-order valence-electron chi connectivity index (χ3n) is 5.94. The van der Waals surface area contributed by atoms with Gasteiger partial charge in [-0.2, -0.15) is 10.1 Å². The van der Waals surface area contributed by atoms with Crippen molar-refractivity contribution >= 4 is 17.5 Å². The Morgan fingerprint density at radius 2 is 1.94 bits per heavy atom. The Morgan fingerprint density at radius 3 is 2.64 bits per heavy atom. The van der Waals surface area contributed by atoms with Crippen LogP contribution in [0.5, 0.6) is 5.75 Å². The number of fused-ring (bicyclic) bond motifs is 1. The van der Waals surface area contributed by atoms with E-state index in [9.17, 15) is 4.39 Å². The average molecular weight is 446 g/mol. The molecule has 0 aliphatic heterocycles. The minimum atomic E-state index is -0.239. The van der Waals surface area contributed by atoms with E-state index in [1.165, 1.54) is 18.5 Å². The van der Waals surface area contributed by atoms with Crippen LogP contribution < -0.4 is 15.4 Å². The highest BCUT2D eigenvalue weighted by atomic mass is 19.1. The summed E-state index contributed by atoms with van der Waals surface area (Å²) in [7, 11) is 3.48. The minimum absolute atomic E-state index is 0.100. The van der Waals surface area contributed by atoms with E-state index in [1.807, 2.05) is 44.3 Å². The van der Waals surface area contributed by atoms with Gasteiger partial charge in [0.1, 0.15) is 35.2 Å². The molecule has 1 atom stereocenters. The van der Waals surface area contributed by atoms with E-state index in [1.54, 1.807) is 11.8 Å². The number of nitrogens with one attached hydrogen (secondary N) is 2. The Hall–Kier alpha value is -4.01. The molecule has 0 radical (unpaired) electrons. The van der Waals surface area contributed by atoms with Gasteiger partial charge in [-0.25, -0.2) is 19.0 Å². The fraction of sp³-hybridized carbons (Fsp3) is 0.250. The number of hydrogen-bond acceptors (Lipinski definition) is 7. The minimum Gasteiger partial charge on any atom is -0.494 e. The van der Waals surface area contributed by atoms with Gasteiger partial charge in [0.05, 0.1) is 12.8 Å². The molecule has 8 nitrogen and oxygen atoms in total. The maximum absolute atomic E-state index is 13.4. The third-order valence-corrected chi connectivity index (χ3v) is 5.94. The van der Waals surface area contributed by atoms with E-state index in [4.69, 9.17) is 9.72 Å². The van der Waals surface area contributed by atoms with Crippen LogP contribution in [0.3, 0.4) is 0 Å². The van der Waals surface area contributed by atoms with Crippen LogP contribution in [0, 0.1) is 12.7 Å². The van der Waals surface area contributed by atoms with Gasteiger partial charge >= 0.3 is 0 Å². The number of methoxy groups -OCH3 is 1.